The number of likely N-dealkylation sites (N-methyl/N-ethyl adjacent to an activating group) is 1. The SMILES string of the molecule is COCC(=O)Nc1cccc(NC(=O)NCC2Cc3ccccc3CN2C)c1. The highest BCUT2D eigenvalue weighted by Gasteiger charge is 2.23. The van der Waals surface area contributed by atoms with Crippen LogP contribution in [0, 0.1) is 0 Å². The number of nitrogens with one attached hydrogen (secondary N) is 3. The van der Waals surface area contributed by atoms with Crippen LogP contribution in [0.15, 0.2) is 48.5 Å². The van der Waals surface area contributed by atoms with Gasteiger partial charge in [-0.25, -0.2) is 4.79 Å². The lowest BCUT2D eigenvalue weighted by Gasteiger charge is -2.34. The van der Waals surface area contributed by atoms with Gasteiger partial charge in [-0.15, -0.1) is 0 Å². The quantitative estimate of drug-likeness (QED) is 0.717. The Labute approximate surface area is 165 Å². The summed E-state index contributed by atoms with van der Waals surface area (Å²) in [6, 6.07) is 15.4. The first-order valence-electron chi connectivity index (χ1n) is 9.26. The molecule has 0 radical (unpaired) electrons. The molecule has 0 aromatic heterocycles. The highest BCUT2D eigenvalue weighted by atomic mass is 16.5. The first-order valence-corrected chi connectivity index (χ1v) is 9.26. The van der Waals surface area contributed by atoms with Gasteiger partial charge < -0.3 is 20.7 Å². The maximum absolute atomic E-state index is 12.3. The Bertz CT molecular complexity index is 840. The molecular formula is C21H26N4O3. The smallest absolute Gasteiger partial charge is 0.319 e. The van der Waals surface area contributed by atoms with E-state index >= 15 is 0 Å². The number of benzene rings is 2. The molecule has 7 nitrogen and oxygen atoms in total. The third-order valence-electron chi connectivity index (χ3n) is 4.79. The highest BCUT2D eigenvalue weighted by Crippen LogP contribution is 2.21. The molecule has 1 heterocycles. The number of anilines is 2. The van der Waals surface area contributed by atoms with Crippen molar-refractivity contribution in [3.05, 3.63) is 59.7 Å². The third-order valence-corrected chi connectivity index (χ3v) is 4.79. The normalized spacial score (nSPS) is 16.1. The number of urea groups is 1. The van der Waals surface area contributed by atoms with Crippen molar-refractivity contribution in [2.24, 2.45) is 0 Å². The third kappa shape index (κ3) is 5.31. The molecule has 2 aromatic rings. The van der Waals surface area contributed by atoms with Crippen LogP contribution in [-0.2, 0) is 22.5 Å². The standard InChI is InChI=1S/C21H26N4O3/c1-25-13-16-7-4-3-6-15(16)10-19(25)12-22-21(27)24-18-9-5-8-17(11-18)23-20(26)14-28-2/h3-9,11,19H,10,12-14H2,1-2H3,(H,23,26)(H2,22,24,27). The average Bonchev–Trinajstić information content (AvgIpc) is 2.66. The van der Waals surface area contributed by atoms with Crippen molar-refractivity contribution < 1.29 is 14.3 Å². The molecule has 2 aromatic carbocycles. The van der Waals surface area contributed by atoms with Crippen LogP contribution in [0.3, 0.4) is 0 Å². The largest absolute Gasteiger partial charge is 0.375 e. The predicted molar refractivity (Wildman–Crippen MR) is 109 cm³/mol. The Balaban J connectivity index is 1.51. The number of rotatable bonds is 6. The molecule has 148 valence electrons. The minimum absolute atomic E-state index is 0.0177. The van der Waals surface area contributed by atoms with Crippen molar-refractivity contribution in [3.63, 3.8) is 0 Å². The first-order chi connectivity index (χ1) is 13.5. The molecule has 1 atom stereocenters. The summed E-state index contributed by atoms with van der Waals surface area (Å²) < 4.78 is 4.80. The Kier molecular flexibility index (Phi) is 6.62. The van der Waals surface area contributed by atoms with E-state index in [1.165, 1.54) is 18.2 Å². The van der Waals surface area contributed by atoms with Gasteiger partial charge in [0.2, 0.25) is 5.91 Å². The molecule has 28 heavy (non-hydrogen) atoms. The minimum Gasteiger partial charge on any atom is -0.375 e. The monoisotopic (exact) mass is 382 g/mol. The zero-order valence-corrected chi connectivity index (χ0v) is 16.2. The molecule has 0 bridgehead atoms. The summed E-state index contributed by atoms with van der Waals surface area (Å²) in [6.45, 7) is 1.42. The number of hydrogen-bond acceptors (Lipinski definition) is 4. The fourth-order valence-corrected chi connectivity index (χ4v) is 3.34. The van der Waals surface area contributed by atoms with Crippen molar-refractivity contribution in [2.75, 3.05) is 37.9 Å². The van der Waals surface area contributed by atoms with Gasteiger partial charge in [0.1, 0.15) is 6.61 Å². The van der Waals surface area contributed by atoms with Crippen molar-refractivity contribution in [2.45, 2.75) is 19.0 Å². The van der Waals surface area contributed by atoms with Crippen LogP contribution in [-0.4, -0.2) is 50.2 Å². The van der Waals surface area contributed by atoms with Crippen LogP contribution < -0.4 is 16.0 Å². The number of carbonyl (C=O) groups is 2. The van der Waals surface area contributed by atoms with E-state index in [0.29, 0.717) is 17.9 Å². The lowest BCUT2D eigenvalue weighted by Crippen LogP contribution is -2.46. The molecule has 7 heteroatoms. The summed E-state index contributed by atoms with van der Waals surface area (Å²) in [5, 5.41) is 8.47. The maximum atomic E-state index is 12.3. The number of nitrogens with zero attached hydrogens (tertiary/aromatic N) is 1. The molecule has 1 aliphatic rings. The second kappa shape index (κ2) is 9.34. The Morgan fingerprint density at radius 1 is 1.07 bits per heavy atom. The van der Waals surface area contributed by atoms with Gasteiger partial charge in [-0.2, -0.15) is 0 Å². The topological polar surface area (TPSA) is 82.7 Å². The minimum atomic E-state index is -0.271. The number of amides is 3. The molecular weight excluding hydrogens is 356 g/mol. The molecule has 3 rings (SSSR count). The van der Waals surface area contributed by atoms with Crippen molar-refractivity contribution >= 4 is 23.3 Å². The van der Waals surface area contributed by atoms with Crippen molar-refractivity contribution in [1.82, 2.24) is 10.2 Å². The Morgan fingerprint density at radius 2 is 1.79 bits per heavy atom. The van der Waals surface area contributed by atoms with Crippen LogP contribution in [0.2, 0.25) is 0 Å². The molecule has 1 aliphatic heterocycles. The number of hydrogen-bond donors (Lipinski definition) is 3. The van der Waals surface area contributed by atoms with Gasteiger partial charge in [0.15, 0.2) is 0 Å². The van der Waals surface area contributed by atoms with E-state index in [1.54, 1.807) is 24.3 Å². The summed E-state index contributed by atoms with van der Waals surface area (Å²) in [6.07, 6.45) is 0.911. The summed E-state index contributed by atoms with van der Waals surface area (Å²) in [4.78, 5) is 26.2. The Hall–Kier alpha value is -2.90. The van der Waals surface area contributed by atoms with Crippen molar-refractivity contribution in [3.8, 4) is 0 Å². The lowest BCUT2D eigenvalue weighted by molar-refractivity contribution is -0.119. The van der Waals surface area contributed by atoms with Gasteiger partial charge >= 0.3 is 6.03 Å². The second-order valence-electron chi connectivity index (χ2n) is 6.94. The maximum Gasteiger partial charge on any atom is 0.319 e. The fourth-order valence-electron chi connectivity index (χ4n) is 3.34. The molecule has 0 fully saturated rings. The summed E-state index contributed by atoms with van der Waals surface area (Å²) >= 11 is 0. The van der Waals surface area contributed by atoms with Crippen LogP contribution in [0.25, 0.3) is 0 Å². The van der Waals surface area contributed by atoms with E-state index < -0.39 is 0 Å². The summed E-state index contributed by atoms with van der Waals surface area (Å²) in [5.41, 5.74) is 3.89. The molecule has 0 aliphatic carbocycles. The molecule has 3 N–H and O–H groups in total. The van der Waals surface area contributed by atoms with E-state index in [-0.39, 0.29) is 24.6 Å². The van der Waals surface area contributed by atoms with E-state index in [1.807, 2.05) is 0 Å². The van der Waals surface area contributed by atoms with Crippen LogP contribution in [0.4, 0.5) is 16.2 Å². The van der Waals surface area contributed by atoms with Gasteiger partial charge in [0, 0.05) is 37.6 Å². The fraction of sp³-hybridized carbons (Fsp3) is 0.333. The zero-order chi connectivity index (χ0) is 19.9. The van der Waals surface area contributed by atoms with Gasteiger partial charge in [-0.05, 0) is 42.8 Å². The van der Waals surface area contributed by atoms with Gasteiger partial charge in [0.05, 0.1) is 0 Å². The Morgan fingerprint density at radius 3 is 2.54 bits per heavy atom. The average molecular weight is 382 g/mol. The van der Waals surface area contributed by atoms with Crippen LogP contribution >= 0.6 is 0 Å². The van der Waals surface area contributed by atoms with Gasteiger partial charge in [0.25, 0.3) is 0 Å². The second-order valence-corrected chi connectivity index (χ2v) is 6.94. The molecule has 1 unspecified atom stereocenters. The van der Waals surface area contributed by atoms with Crippen molar-refractivity contribution in [1.29, 1.82) is 0 Å². The number of fused-ring (bicyclic) bond motifs is 1. The molecule has 3 amide bonds. The van der Waals surface area contributed by atoms with E-state index in [0.717, 1.165) is 13.0 Å². The number of carbonyl (C=O) groups excluding carboxylic acids is 2. The lowest BCUT2D eigenvalue weighted by atomic mass is 9.94. The van der Waals surface area contributed by atoms with Crippen LogP contribution in [0.1, 0.15) is 11.1 Å². The predicted octanol–water partition coefficient (Wildman–Crippen LogP) is 2.45. The molecule has 0 spiro atoms. The molecule has 0 saturated heterocycles. The zero-order valence-electron chi connectivity index (χ0n) is 16.2. The van der Waals surface area contributed by atoms with E-state index in [2.05, 4.69) is 52.2 Å². The summed E-state index contributed by atoms with van der Waals surface area (Å²) in [5.74, 6) is -0.246. The molecule has 0 saturated carbocycles. The van der Waals surface area contributed by atoms with Gasteiger partial charge in [-0.3, -0.25) is 9.69 Å². The highest BCUT2D eigenvalue weighted by molar-refractivity contribution is 5.94. The van der Waals surface area contributed by atoms with E-state index in [4.69, 9.17) is 4.74 Å². The number of methoxy groups -OCH3 is 1. The summed E-state index contributed by atoms with van der Waals surface area (Å²) in [7, 11) is 3.54. The van der Waals surface area contributed by atoms with Gasteiger partial charge in [-0.1, -0.05) is 30.3 Å². The first kappa shape index (κ1) is 19.9. The number of ether oxygens (including phenoxy) is 1. The van der Waals surface area contributed by atoms with E-state index in [9.17, 15) is 9.59 Å². The van der Waals surface area contributed by atoms with Crippen LogP contribution in [0.5, 0.6) is 0 Å².